The number of hydrogen-bond acceptors (Lipinski definition) is 0. The Morgan fingerprint density at radius 2 is 0.707 bits per heavy atom. The van der Waals surface area contributed by atoms with Crippen LogP contribution in [0.3, 0.4) is 0 Å². The fourth-order valence-electron chi connectivity index (χ4n) is 5.26. The molecule has 0 amide bonds. The zero-order valence-corrected chi connectivity index (χ0v) is 27.1. The summed E-state index contributed by atoms with van der Waals surface area (Å²) in [6.07, 6.45) is 18.5. The van der Waals surface area contributed by atoms with Crippen LogP contribution in [0.15, 0.2) is 158 Å². The van der Waals surface area contributed by atoms with Gasteiger partial charge in [0.2, 0.25) is 0 Å². The normalized spacial score (nSPS) is 14.6. The zero-order valence-electron chi connectivity index (χ0n) is 23.1. The van der Waals surface area contributed by atoms with Gasteiger partial charge in [-0.25, -0.2) is 0 Å². The van der Waals surface area contributed by atoms with Gasteiger partial charge in [0.15, 0.2) is 0 Å². The molecule has 0 saturated carbocycles. The molecule has 0 spiro atoms. The van der Waals surface area contributed by atoms with Crippen molar-refractivity contribution in [2.45, 2.75) is 37.8 Å². The van der Waals surface area contributed by atoms with Gasteiger partial charge in [-0.05, 0) is 25.7 Å². The molecule has 1 heterocycles. The van der Waals surface area contributed by atoms with Crippen molar-refractivity contribution in [3.63, 3.8) is 0 Å². The summed E-state index contributed by atoms with van der Waals surface area (Å²) in [5.74, 6) is 0. The monoisotopic (exact) mass is 780 g/mol. The van der Waals surface area contributed by atoms with Crippen molar-refractivity contribution in [1.82, 2.24) is 9.13 Å². The van der Waals surface area contributed by atoms with E-state index in [0.717, 1.165) is 0 Å². The third-order valence-electron chi connectivity index (χ3n) is 7.20. The summed E-state index contributed by atoms with van der Waals surface area (Å²) < 4.78 is 6.25. The van der Waals surface area contributed by atoms with Crippen molar-refractivity contribution in [3.8, 4) is 0 Å². The molecule has 1 aliphatic carbocycles. The van der Waals surface area contributed by atoms with Gasteiger partial charge in [-0.1, -0.05) is 24.3 Å². The predicted molar refractivity (Wildman–Crippen MR) is 172 cm³/mol. The Morgan fingerprint density at radius 3 is 0.951 bits per heavy atom. The number of nitrogens with zero attached hydrogens (tertiary/aromatic N) is 2. The van der Waals surface area contributed by atoms with Gasteiger partial charge in [-0.15, -0.1) is 0 Å². The van der Waals surface area contributed by atoms with Crippen molar-refractivity contribution < 1.29 is 15.2 Å². The third-order valence-corrected chi connectivity index (χ3v) is 10.8. The van der Waals surface area contributed by atoms with Crippen LogP contribution >= 0.6 is 13.5 Å². The maximum atomic E-state index is 3.95. The van der Waals surface area contributed by atoms with Crippen molar-refractivity contribution >= 4 is 13.5 Å². The second kappa shape index (κ2) is 15.6. The van der Waals surface area contributed by atoms with Crippen molar-refractivity contribution in [2.24, 2.45) is 0 Å². The molecule has 6 rings (SSSR count). The Bertz CT molecular complexity index is 1380. The van der Waals surface area contributed by atoms with Crippen LogP contribution in [-0.4, -0.2) is 9.13 Å². The zero-order chi connectivity index (χ0) is 28.1. The van der Waals surface area contributed by atoms with Gasteiger partial charge in [0.1, 0.15) is 0 Å². The van der Waals surface area contributed by atoms with E-state index in [2.05, 4.69) is 181 Å². The molecule has 4 heteroatoms. The number of hydrogen-bond donors (Lipinski definition) is 0. The van der Waals surface area contributed by atoms with Crippen LogP contribution in [0.1, 0.15) is 60.0 Å². The first-order valence-electron chi connectivity index (χ1n) is 14.2. The fourth-order valence-corrected chi connectivity index (χ4v) is 8.93. The van der Waals surface area contributed by atoms with Crippen LogP contribution in [0, 0.1) is 3.93 Å². The van der Waals surface area contributed by atoms with Gasteiger partial charge >= 0.3 is 210 Å². The first-order valence-corrected chi connectivity index (χ1v) is 20.6. The van der Waals surface area contributed by atoms with E-state index in [-0.39, 0.29) is 12.1 Å². The van der Waals surface area contributed by atoms with E-state index in [0.29, 0.717) is 0 Å². The maximum absolute atomic E-state index is 3.95. The summed E-state index contributed by atoms with van der Waals surface area (Å²) in [4.78, 5) is 0. The van der Waals surface area contributed by atoms with Crippen molar-refractivity contribution in [3.05, 3.63) is 184 Å². The Labute approximate surface area is 258 Å². The summed E-state index contributed by atoms with van der Waals surface area (Å²) in [6.45, 7) is 0. The molecular weight excluding hydrogens is 745 g/mol. The number of benzene rings is 4. The predicted octanol–water partition coefficient (Wildman–Crippen LogP) is 10.2. The summed E-state index contributed by atoms with van der Waals surface area (Å²) in [5.41, 5.74) is 5.15. The van der Waals surface area contributed by atoms with Crippen LogP contribution in [0.5, 0.6) is 0 Å². The Hall–Kier alpha value is -3.30. The average molecular weight is 781 g/mol. The first kappa shape index (κ1) is 29.2. The molecule has 2 nitrogen and oxygen atoms in total. The minimum atomic E-state index is -0.548. The van der Waals surface area contributed by atoms with E-state index >= 15 is 0 Å². The van der Waals surface area contributed by atoms with E-state index in [1.165, 1.54) is 51.9 Å². The molecule has 0 bridgehead atoms. The molecule has 5 aromatic rings. The third kappa shape index (κ3) is 7.71. The van der Waals surface area contributed by atoms with Crippen LogP contribution in [0.2, 0.25) is 0 Å². The molecule has 0 aliphatic heterocycles. The van der Waals surface area contributed by atoms with Gasteiger partial charge in [-0.3, -0.25) is 0 Å². The molecule has 210 valence electrons. The molecule has 0 radical (unpaired) electrons. The molecule has 0 atom stereocenters. The Kier molecular flexibility index (Phi) is 11.1. The average Bonchev–Trinajstić information content (AvgIpc) is 3.42. The SMILES string of the molecule is C1=C\CC/C=C\CC/1.[Br][Ir]=[c]1n(C(c2ccccc2)c2ccccc2)ccn1C(c1ccccc1)c1ccccc1. The Morgan fingerprint density at radius 1 is 0.439 bits per heavy atom. The summed E-state index contributed by atoms with van der Waals surface area (Å²) in [7, 11) is 0. The Balaban J connectivity index is 0.000000365. The molecule has 4 aromatic carbocycles. The number of allylic oxidation sites excluding steroid dienone is 4. The number of rotatable bonds is 6. The molecule has 0 saturated heterocycles. The topological polar surface area (TPSA) is 9.86 Å². The molecule has 41 heavy (non-hydrogen) atoms. The van der Waals surface area contributed by atoms with Gasteiger partial charge in [0, 0.05) is 0 Å². The summed E-state index contributed by atoms with van der Waals surface area (Å²) in [5, 5.41) is 0. The quantitative estimate of drug-likeness (QED) is 0.152. The summed E-state index contributed by atoms with van der Waals surface area (Å²) in [6, 6.07) is 43.4. The van der Waals surface area contributed by atoms with Crippen molar-refractivity contribution in [2.75, 3.05) is 0 Å². The molecule has 0 unspecified atom stereocenters. The van der Waals surface area contributed by atoms with Crippen LogP contribution < -0.4 is 0 Å². The van der Waals surface area contributed by atoms with Crippen LogP contribution in [0.25, 0.3) is 0 Å². The second-order valence-corrected chi connectivity index (χ2v) is 13.7. The molecule has 0 fully saturated rings. The molecular formula is C37H36BrIrN2. The fraction of sp³-hybridized carbons (Fsp3) is 0.162. The van der Waals surface area contributed by atoms with Gasteiger partial charge in [0.25, 0.3) is 0 Å². The summed E-state index contributed by atoms with van der Waals surface area (Å²) >= 11 is 3.40. The number of imidazole rings is 1. The van der Waals surface area contributed by atoms with Gasteiger partial charge in [-0.2, -0.15) is 0 Å². The van der Waals surface area contributed by atoms with Crippen molar-refractivity contribution in [1.29, 1.82) is 0 Å². The molecule has 1 aromatic heterocycles. The standard InChI is InChI=1S/C29H24N2.C8H12.BrH.Ir/c1-5-13-24(14-6-1)28(25-15-7-2-8-16-25)30-21-22-31(23-30)29(26-17-9-3-10-18-26)27-19-11-4-12-20-27;1-2-4-6-8-7-5-3-1;;/h1-22,28-29H;1-2,7-8H,3-6H2;1H;/q;;;+1/p-1/b;2-1-,8-7-;;. The van der Waals surface area contributed by atoms with E-state index in [4.69, 9.17) is 0 Å². The van der Waals surface area contributed by atoms with E-state index < -0.39 is 15.2 Å². The van der Waals surface area contributed by atoms with Gasteiger partial charge in [0.05, 0.1) is 0 Å². The second-order valence-electron chi connectivity index (χ2n) is 9.97. The number of halogens is 1. The van der Waals surface area contributed by atoms with E-state index in [1.807, 2.05) is 0 Å². The van der Waals surface area contributed by atoms with E-state index in [9.17, 15) is 0 Å². The number of aromatic nitrogens is 2. The first-order chi connectivity index (χ1) is 20.4. The molecule has 0 N–H and O–H groups in total. The molecule has 1 aliphatic rings. The van der Waals surface area contributed by atoms with Crippen LogP contribution in [-0.2, 0) is 15.2 Å². The minimum absolute atomic E-state index is 0.122. The van der Waals surface area contributed by atoms with Crippen LogP contribution in [0.4, 0.5) is 0 Å². The van der Waals surface area contributed by atoms with Gasteiger partial charge < -0.3 is 0 Å². The van der Waals surface area contributed by atoms with E-state index in [1.54, 1.807) is 0 Å².